The first-order valence-electron chi connectivity index (χ1n) is 6.66. The van der Waals surface area contributed by atoms with Gasteiger partial charge in [-0.05, 0) is 56.6 Å². The Morgan fingerprint density at radius 3 is 2.50 bits per heavy atom. The maximum Gasteiger partial charge on any atom is 0.170 e. The van der Waals surface area contributed by atoms with Crippen LogP contribution in [0.15, 0.2) is 41.0 Å². The molecule has 22 heavy (non-hydrogen) atoms. The third kappa shape index (κ3) is 4.88. The lowest BCUT2D eigenvalue weighted by atomic mass is 10.2. The molecule has 2 N–H and O–H groups in total. The van der Waals surface area contributed by atoms with E-state index < -0.39 is 0 Å². The molecular weight excluding hydrogens is 341 g/mol. The standard InChI is InChI=1S/C15H17Cl2N3OS/c1-20(2)13(14-4-3-5-21-14)9-18-15(22)19-12-7-10(16)6-11(17)8-12/h3-8,13H,9H2,1-2H3,(H2,18,19,22)/t13-/m0/s1. The highest BCUT2D eigenvalue weighted by Crippen LogP contribution is 2.22. The molecule has 0 aliphatic rings. The molecule has 118 valence electrons. The van der Waals surface area contributed by atoms with Gasteiger partial charge >= 0.3 is 0 Å². The van der Waals surface area contributed by atoms with Crippen LogP contribution >= 0.6 is 35.4 Å². The Labute approximate surface area is 145 Å². The molecule has 0 spiro atoms. The predicted octanol–water partition coefficient (Wildman–Crippen LogP) is 4.18. The number of halogens is 2. The molecule has 0 bridgehead atoms. The summed E-state index contributed by atoms with van der Waals surface area (Å²) in [7, 11) is 3.98. The minimum atomic E-state index is 0.0812. The quantitative estimate of drug-likeness (QED) is 0.785. The molecule has 4 nitrogen and oxygen atoms in total. The minimum Gasteiger partial charge on any atom is -0.468 e. The van der Waals surface area contributed by atoms with Crippen LogP contribution in [0.5, 0.6) is 0 Å². The summed E-state index contributed by atoms with van der Waals surface area (Å²) in [5.41, 5.74) is 0.745. The molecule has 1 aromatic carbocycles. The van der Waals surface area contributed by atoms with Crippen LogP contribution in [0.1, 0.15) is 11.8 Å². The number of rotatable bonds is 5. The predicted molar refractivity (Wildman–Crippen MR) is 95.8 cm³/mol. The number of benzene rings is 1. The van der Waals surface area contributed by atoms with Crippen molar-refractivity contribution in [1.82, 2.24) is 10.2 Å². The maximum absolute atomic E-state index is 5.96. The first-order valence-corrected chi connectivity index (χ1v) is 7.83. The second-order valence-corrected chi connectivity index (χ2v) is 6.27. The van der Waals surface area contributed by atoms with Gasteiger partial charge in [-0.3, -0.25) is 4.90 Å². The highest BCUT2D eigenvalue weighted by atomic mass is 35.5. The number of nitrogens with one attached hydrogen (secondary N) is 2. The van der Waals surface area contributed by atoms with E-state index >= 15 is 0 Å². The lowest BCUT2D eigenvalue weighted by Gasteiger charge is -2.23. The fraction of sp³-hybridized carbons (Fsp3) is 0.267. The van der Waals surface area contributed by atoms with E-state index in [2.05, 4.69) is 15.5 Å². The van der Waals surface area contributed by atoms with Crippen LogP contribution in [0.4, 0.5) is 5.69 Å². The number of hydrogen-bond donors (Lipinski definition) is 2. The van der Waals surface area contributed by atoms with Gasteiger partial charge in [0, 0.05) is 22.3 Å². The summed E-state index contributed by atoms with van der Waals surface area (Å²) in [5.74, 6) is 0.881. The summed E-state index contributed by atoms with van der Waals surface area (Å²) in [5, 5.41) is 7.84. The average Bonchev–Trinajstić information content (AvgIpc) is 2.91. The van der Waals surface area contributed by atoms with E-state index in [0.29, 0.717) is 21.7 Å². The monoisotopic (exact) mass is 357 g/mol. The first kappa shape index (κ1) is 17.1. The van der Waals surface area contributed by atoms with Crippen molar-refractivity contribution in [3.63, 3.8) is 0 Å². The number of anilines is 1. The first-order chi connectivity index (χ1) is 10.5. The fourth-order valence-corrected chi connectivity index (χ4v) is 2.74. The summed E-state index contributed by atoms with van der Waals surface area (Å²) in [6, 6.07) is 9.09. The van der Waals surface area contributed by atoms with Crippen molar-refractivity contribution in [3.8, 4) is 0 Å². The van der Waals surface area contributed by atoms with Crippen molar-refractivity contribution >= 4 is 46.2 Å². The van der Waals surface area contributed by atoms with Crippen LogP contribution in [0.3, 0.4) is 0 Å². The fourth-order valence-electron chi connectivity index (χ4n) is 2.01. The topological polar surface area (TPSA) is 40.4 Å². The summed E-state index contributed by atoms with van der Waals surface area (Å²) < 4.78 is 5.46. The number of hydrogen-bond acceptors (Lipinski definition) is 3. The zero-order valence-corrected chi connectivity index (χ0v) is 14.6. The van der Waals surface area contributed by atoms with E-state index in [1.165, 1.54) is 0 Å². The lowest BCUT2D eigenvalue weighted by Crippen LogP contribution is -2.36. The second kappa shape index (κ2) is 7.83. The van der Waals surface area contributed by atoms with Gasteiger partial charge in [-0.1, -0.05) is 23.2 Å². The van der Waals surface area contributed by atoms with Crippen LogP contribution in [-0.2, 0) is 0 Å². The molecule has 1 atom stereocenters. The normalized spacial score (nSPS) is 12.2. The number of thiocarbonyl (C=S) groups is 1. The molecule has 0 amide bonds. The summed E-state index contributed by atoms with van der Waals surface area (Å²) in [4.78, 5) is 2.06. The van der Waals surface area contributed by atoms with Gasteiger partial charge in [-0.2, -0.15) is 0 Å². The van der Waals surface area contributed by atoms with Crippen molar-refractivity contribution in [3.05, 3.63) is 52.4 Å². The van der Waals surface area contributed by atoms with Crippen molar-refractivity contribution in [2.45, 2.75) is 6.04 Å². The van der Waals surface area contributed by atoms with Gasteiger partial charge in [0.25, 0.3) is 0 Å². The van der Waals surface area contributed by atoms with Crippen LogP contribution in [0.2, 0.25) is 10.0 Å². The molecule has 2 rings (SSSR count). The van der Waals surface area contributed by atoms with Crippen molar-refractivity contribution < 1.29 is 4.42 Å². The van der Waals surface area contributed by atoms with Gasteiger partial charge in [0.15, 0.2) is 5.11 Å². The minimum absolute atomic E-state index is 0.0812. The molecule has 2 aromatic rings. The van der Waals surface area contributed by atoms with Gasteiger partial charge in [0.1, 0.15) is 5.76 Å². The third-order valence-electron chi connectivity index (χ3n) is 3.07. The molecule has 0 aliphatic heterocycles. The van der Waals surface area contributed by atoms with Gasteiger partial charge < -0.3 is 15.1 Å². The summed E-state index contributed by atoms with van der Waals surface area (Å²) in [6.07, 6.45) is 1.66. The van der Waals surface area contributed by atoms with Gasteiger partial charge in [0.05, 0.1) is 12.3 Å². The lowest BCUT2D eigenvalue weighted by molar-refractivity contribution is 0.259. The Balaban J connectivity index is 1.94. The van der Waals surface area contributed by atoms with E-state index in [4.69, 9.17) is 39.8 Å². The zero-order chi connectivity index (χ0) is 16.1. The highest BCUT2D eigenvalue weighted by molar-refractivity contribution is 7.80. The molecule has 0 fully saturated rings. The molecular formula is C15H17Cl2N3OS. The smallest absolute Gasteiger partial charge is 0.170 e. The molecule has 0 aliphatic carbocycles. The third-order valence-corrected chi connectivity index (χ3v) is 3.75. The van der Waals surface area contributed by atoms with Crippen molar-refractivity contribution in [1.29, 1.82) is 0 Å². The van der Waals surface area contributed by atoms with Crippen LogP contribution in [0, 0.1) is 0 Å². The maximum atomic E-state index is 5.96. The highest BCUT2D eigenvalue weighted by Gasteiger charge is 2.17. The Hall–Kier alpha value is -1.27. The number of furan rings is 1. The number of likely N-dealkylation sites (N-methyl/N-ethyl adjacent to an activating group) is 1. The van der Waals surface area contributed by atoms with E-state index in [1.807, 2.05) is 26.2 Å². The van der Waals surface area contributed by atoms with Crippen LogP contribution < -0.4 is 10.6 Å². The summed E-state index contributed by atoms with van der Waals surface area (Å²) in [6.45, 7) is 0.612. The van der Waals surface area contributed by atoms with E-state index in [0.717, 1.165) is 11.4 Å². The van der Waals surface area contributed by atoms with E-state index in [9.17, 15) is 0 Å². The molecule has 0 unspecified atom stereocenters. The van der Waals surface area contributed by atoms with Crippen molar-refractivity contribution in [2.75, 3.05) is 26.0 Å². The Morgan fingerprint density at radius 2 is 1.95 bits per heavy atom. The Bertz CT molecular complexity index is 611. The Kier molecular flexibility index (Phi) is 6.08. The largest absolute Gasteiger partial charge is 0.468 e. The molecule has 0 radical (unpaired) electrons. The van der Waals surface area contributed by atoms with Gasteiger partial charge in [-0.25, -0.2) is 0 Å². The van der Waals surface area contributed by atoms with Gasteiger partial charge in [-0.15, -0.1) is 0 Å². The average molecular weight is 358 g/mol. The molecule has 1 aromatic heterocycles. The SMILES string of the molecule is CN(C)[C@@H](CNC(=S)Nc1cc(Cl)cc(Cl)c1)c1ccco1. The summed E-state index contributed by atoms with van der Waals surface area (Å²) >= 11 is 17.2. The Morgan fingerprint density at radius 1 is 1.27 bits per heavy atom. The van der Waals surface area contributed by atoms with Crippen LogP contribution in [-0.4, -0.2) is 30.7 Å². The van der Waals surface area contributed by atoms with Crippen molar-refractivity contribution in [2.24, 2.45) is 0 Å². The second-order valence-electron chi connectivity index (χ2n) is 4.99. The van der Waals surface area contributed by atoms with E-state index in [1.54, 1.807) is 24.5 Å². The molecule has 0 saturated heterocycles. The molecule has 1 heterocycles. The number of nitrogens with zero attached hydrogens (tertiary/aromatic N) is 1. The molecule has 0 saturated carbocycles. The van der Waals surface area contributed by atoms with E-state index in [-0.39, 0.29) is 6.04 Å². The van der Waals surface area contributed by atoms with Gasteiger partial charge in [0.2, 0.25) is 0 Å². The zero-order valence-electron chi connectivity index (χ0n) is 12.3. The van der Waals surface area contributed by atoms with Crippen LogP contribution in [0.25, 0.3) is 0 Å². The molecule has 7 heteroatoms.